The van der Waals surface area contributed by atoms with Crippen molar-refractivity contribution in [3.05, 3.63) is 99.1 Å². The summed E-state index contributed by atoms with van der Waals surface area (Å²) in [6, 6.07) is 19.4. The minimum atomic E-state index is -1.24. The van der Waals surface area contributed by atoms with Crippen molar-refractivity contribution >= 4 is 34.8 Å². The fourth-order valence-corrected chi connectivity index (χ4v) is 6.58. The molecule has 0 radical (unpaired) electrons. The molecule has 7 rings (SSSR count). The first-order valence-corrected chi connectivity index (χ1v) is 11.4. The third-order valence-electron chi connectivity index (χ3n) is 7.21. The van der Waals surface area contributed by atoms with E-state index in [0.717, 1.165) is 27.2 Å². The summed E-state index contributed by atoms with van der Waals surface area (Å²) in [6.07, 6.45) is 0. The lowest BCUT2D eigenvalue weighted by atomic mass is 9.54. The number of hydrogen-bond donors (Lipinski definition) is 0. The first-order valence-electron chi connectivity index (χ1n) is 11.1. The van der Waals surface area contributed by atoms with E-state index in [1.807, 2.05) is 48.5 Å². The summed E-state index contributed by atoms with van der Waals surface area (Å²) in [6.45, 7) is 2.10. The third kappa shape index (κ3) is 2.47. The SMILES string of the molecule is CCOc1ccc(N2C(=O)[C@@H]3C4c5ccccc5C(Cl)(c5ccccc54)[C@@H]3C2=O)c([N+](=O)[O-])c1. The fraction of sp³-hybridized carbons (Fsp3) is 0.231. The number of benzene rings is 3. The number of nitro benzene ring substituents is 1. The van der Waals surface area contributed by atoms with Crippen LogP contribution in [-0.2, 0) is 14.5 Å². The average Bonchev–Trinajstić information content (AvgIpc) is 3.11. The highest BCUT2D eigenvalue weighted by Crippen LogP contribution is 2.66. The van der Waals surface area contributed by atoms with Gasteiger partial charge < -0.3 is 4.74 Å². The van der Waals surface area contributed by atoms with Gasteiger partial charge in [-0.1, -0.05) is 48.5 Å². The van der Waals surface area contributed by atoms with Crippen molar-refractivity contribution in [3.63, 3.8) is 0 Å². The Morgan fingerprint density at radius 2 is 1.62 bits per heavy atom. The van der Waals surface area contributed by atoms with Crippen molar-refractivity contribution in [1.29, 1.82) is 0 Å². The molecule has 0 N–H and O–H groups in total. The number of nitrogens with zero attached hydrogens (tertiary/aromatic N) is 2. The number of halogens is 1. The summed E-state index contributed by atoms with van der Waals surface area (Å²) in [7, 11) is 0. The van der Waals surface area contributed by atoms with Gasteiger partial charge in [0.1, 0.15) is 16.3 Å². The van der Waals surface area contributed by atoms with Gasteiger partial charge in [0.25, 0.3) is 5.69 Å². The highest BCUT2D eigenvalue weighted by atomic mass is 35.5. The lowest BCUT2D eigenvalue weighted by molar-refractivity contribution is -0.384. The topological polar surface area (TPSA) is 89.8 Å². The number of amides is 2. The van der Waals surface area contributed by atoms with E-state index in [2.05, 4.69) is 0 Å². The highest BCUT2D eigenvalue weighted by molar-refractivity contribution is 6.33. The zero-order valence-electron chi connectivity index (χ0n) is 18.1. The fourth-order valence-electron chi connectivity index (χ4n) is 6.01. The molecule has 0 spiro atoms. The lowest BCUT2D eigenvalue weighted by Crippen LogP contribution is -2.50. The number of imide groups is 1. The number of carbonyl (C=O) groups is 2. The van der Waals surface area contributed by atoms with Crippen LogP contribution in [0.5, 0.6) is 5.75 Å². The zero-order valence-corrected chi connectivity index (χ0v) is 18.9. The van der Waals surface area contributed by atoms with Crippen molar-refractivity contribution in [2.24, 2.45) is 11.8 Å². The molecule has 1 fully saturated rings. The smallest absolute Gasteiger partial charge is 0.297 e. The highest BCUT2D eigenvalue weighted by Gasteiger charge is 2.68. The number of nitro groups is 1. The molecular weight excluding hydrogens is 456 g/mol. The molecule has 3 aromatic rings. The van der Waals surface area contributed by atoms with Crippen LogP contribution in [0.2, 0.25) is 0 Å². The normalized spacial score (nSPS) is 26.2. The molecule has 8 heteroatoms. The minimum absolute atomic E-state index is 0.0642. The van der Waals surface area contributed by atoms with E-state index < -0.39 is 33.4 Å². The summed E-state index contributed by atoms with van der Waals surface area (Å²) >= 11 is 7.39. The quantitative estimate of drug-likeness (QED) is 0.236. The molecule has 0 saturated carbocycles. The van der Waals surface area contributed by atoms with Gasteiger partial charge in [0.2, 0.25) is 11.8 Å². The van der Waals surface area contributed by atoms with Crippen LogP contribution in [0.15, 0.2) is 66.7 Å². The molecule has 1 saturated heterocycles. The maximum Gasteiger partial charge on any atom is 0.297 e. The van der Waals surface area contributed by atoms with Gasteiger partial charge in [0, 0.05) is 5.92 Å². The van der Waals surface area contributed by atoms with Crippen molar-refractivity contribution < 1.29 is 19.2 Å². The van der Waals surface area contributed by atoms with Crippen LogP contribution in [0.3, 0.4) is 0 Å². The van der Waals surface area contributed by atoms with Crippen LogP contribution >= 0.6 is 11.6 Å². The number of rotatable bonds is 4. The number of alkyl halides is 1. The molecule has 1 heterocycles. The van der Waals surface area contributed by atoms with Gasteiger partial charge in [0.15, 0.2) is 0 Å². The Hall–Kier alpha value is -3.71. The van der Waals surface area contributed by atoms with Crippen LogP contribution in [0.1, 0.15) is 35.1 Å². The second kappa shape index (κ2) is 7.14. The van der Waals surface area contributed by atoms with Gasteiger partial charge in [-0.25, -0.2) is 4.90 Å². The number of ether oxygens (including phenoxy) is 1. The molecule has 34 heavy (non-hydrogen) atoms. The summed E-state index contributed by atoms with van der Waals surface area (Å²) in [4.78, 5) is 38.8. The maximum absolute atomic E-state index is 13.9. The summed E-state index contributed by atoms with van der Waals surface area (Å²) in [5.74, 6) is -2.68. The standard InChI is InChI=1S/C26H19ClN2O5/c1-2-34-14-11-12-19(20(13-14)29(32)33)28-24(30)22-21-15-7-3-5-9-17(15)26(27,23(22)25(28)31)18-10-6-4-8-16(18)21/h3-13,21-23H,2H2,1H3/t21?,22-,23+,26?/m1/s1. The second-order valence-electron chi connectivity index (χ2n) is 8.72. The zero-order chi connectivity index (χ0) is 23.8. The molecule has 3 aromatic carbocycles. The van der Waals surface area contributed by atoms with Crippen molar-refractivity contribution in [2.75, 3.05) is 11.5 Å². The molecule has 2 atom stereocenters. The number of anilines is 1. The van der Waals surface area contributed by atoms with Gasteiger partial charge >= 0.3 is 0 Å². The van der Waals surface area contributed by atoms with Crippen LogP contribution in [0.25, 0.3) is 0 Å². The summed E-state index contributed by atoms with van der Waals surface area (Å²) in [5, 5.41) is 11.9. The van der Waals surface area contributed by atoms with Gasteiger partial charge in [-0.2, -0.15) is 0 Å². The van der Waals surface area contributed by atoms with Crippen LogP contribution in [0, 0.1) is 22.0 Å². The maximum atomic E-state index is 13.9. The van der Waals surface area contributed by atoms with E-state index in [-0.39, 0.29) is 17.3 Å². The van der Waals surface area contributed by atoms with Crippen LogP contribution < -0.4 is 9.64 Å². The van der Waals surface area contributed by atoms with Crippen molar-refractivity contribution in [1.82, 2.24) is 0 Å². The van der Waals surface area contributed by atoms with Gasteiger partial charge in [-0.15, -0.1) is 11.6 Å². The monoisotopic (exact) mass is 474 g/mol. The van der Waals surface area contributed by atoms with Gasteiger partial charge in [-0.3, -0.25) is 19.7 Å². The molecule has 3 aliphatic carbocycles. The van der Waals surface area contributed by atoms with Gasteiger partial charge in [-0.05, 0) is 41.3 Å². The van der Waals surface area contributed by atoms with Crippen LogP contribution in [0.4, 0.5) is 11.4 Å². The lowest BCUT2D eigenvalue weighted by Gasteiger charge is -2.50. The Balaban J connectivity index is 1.56. The van der Waals surface area contributed by atoms with E-state index in [9.17, 15) is 19.7 Å². The molecule has 2 amide bonds. The van der Waals surface area contributed by atoms with Crippen molar-refractivity contribution in [3.8, 4) is 5.75 Å². The molecule has 2 bridgehead atoms. The first kappa shape index (κ1) is 20.9. The molecule has 4 aliphatic rings. The Labute approximate surface area is 200 Å². The molecule has 0 aromatic heterocycles. The van der Waals surface area contributed by atoms with Crippen LogP contribution in [-0.4, -0.2) is 23.3 Å². The Morgan fingerprint density at radius 3 is 2.21 bits per heavy atom. The molecule has 1 aliphatic heterocycles. The summed E-state index contributed by atoms with van der Waals surface area (Å²) in [5.41, 5.74) is 3.03. The van der Waals surface area contributed by atoms with Gasteiger partial charge in [0.05, 0.1) is 29.4 Å². The number of hydrogen-bond acceptors (Lipinski definition) is 5. The van der Waals surface area contributed by atoms with Crippen molar-refractivity contribution in [2.45, 2.75) is 17.7 Å². The van der Waals surface area contributed by atoms with E-state index in [1.54, 1.807) is 6.92 Å². The largest absolute Gasteiger partial charge is 0.494 e. The summed E-state index contributed by atoms with van der Waals surface area (Å²) < 4.78 is 5.39. The van der Waals surface area contributed by atoms with E-state index in [1.165, 1.54) is 18.2 Å². The molecular formula is C26H19ClN2O5. The third-order valence-corrected chi connectivity index (χ3v) is 7.85. The number of carbonyl (C=O) groups excluding carboxylic acids is 2. The molecule has 170 valence electrons. The minimum Gasteiger partial charge on any atom is -0.494 e. The van der Waals surface area contributed by atoms with E-state index in [0.29, 0.717) is 12.4 Å². The predicted octanol–water partition coefficient (Wildman–Crippen LogP) is 4.74. The Bertz CT molecular complexity index is 1360. The Kier molecular flexibility index (Phi) is 4.38. The Morgan fingerprint density at radius 1 is 1.00 bits per heavy atom. The average molecular weight is 475 g/mol. The van der Waals surface area contributed by atoms with E-state index >= 15 is 0 Å². The predicted molar refractivity (Wildman–Crippen MR) is 125 cm³/mol. The van der Waals surface area contributed by atoms with E-state index in [4.69, 9.17) is 16.3 Å². The molecule has 0 unspecified atom stereocenters. The molecule has 7 nitrogen and oxygen atoms in total. The first-order chi connectivity index (χ1) is 16.4. The second-order valence-corrected chi connectivity index (χ2v) is 9.32.